The molecule has 3 heterocycles. The number of benzene rings is 2. The minimum absolute atomic E-state index is 0.0253. The number of hydrogen-bond acceptors (Lipinski definition) is 5. The van der Waals surface area contributed by atoms with Crippen molar-refractivity contribution in [1.82, 2.24) is 19.2 Å². The summed E-state index contributed by atoms with van der Waals surface area (Å²) < 4.78 is 9.03. The molecule has 0 bridgehead atoms. The maximum absolute atomic E-state index is 13.1. The Labute approximate surface area is 179 Å². The van der Waals surface area contributed by atoms with Gasteiger partial charge >= 0.3 is 0 Å². The van der Waals surface area contributed by atoms with Gasteiger partial charge in [0.1, 0.15) is 18.1 Å². The van der Waals surface area contributed by atoms with E-state index in [1.165, 1.54) is 4.70 Å². The van der Waals surface area contributed by atoms with Crippen LogP contribution < -0.4 is 4.74 Å². The smallest absolute Gasteiger partial charge is 0.274 e. The molecule has 1 fully saturated rings. The highest BCUT2D eigenvalue weighted by Crippen LogP contribution is 2.26. The number of carbonyl (C=O) groups excluding carboxylic acids is 1. The maximum Gasteiger partial charge on any atom is 0.274 e. The summed E-state index contributed by atoms with van der Waals surface area (Å²) in [6.07, 6.45) is 2.84. The Morgan fingerprint density at radius 1 is 1.00 bits per heavy atom. The number of thiazole rings is 1. The Bertz CT molecular complexity index is 1150. The van der Waals surface area contributed by atoms with Crippen molar-refractivity contribution >= 4 is 32.4 Å². The van der Waals surface area contributed by atoms with E-state index in [1.54, 1.807) is 11.3 Å². The van der Waals surface area contributed by atoms with Crippen LogP contribution in [-0.2, 0) is 0 Å². The SMILES string of the molecule is O=C(c1cn2c(n1)sc1ccccc12)N1CCCN(CCOc2ccccc2)CC1. The highest BCUT2D eigenvalue weighted by Gasteiger charge is 2.23. The van der Waals surface area contributed by atoms with Crippen LogP contribution in [0.5, 0.6) is 5.75 Å². The summed E-state index contributed by atoms with van der Waals surface area (Å²) in [5.41, 5.74) is 1.64. The molecule has 0 N–H and O–H groups in total. The number of carbonyl (C=O) groups is 1. The zero-order valence-electron chi connectivity index (χ0n) is 16.7. The molecule has 1 amide bonds. The number of amides is 1. The van der Waals surface area contributed by atoms with Crippen LogP contribution in [0.1, 0.15) is 16.9 Å². The summed E-state index contributed by atoms with van der Waals surface area (Å²) in [7, 11) is 0. The fraction of sp³-hybridized carbons (Fsp3) is 0.304. The molecule has 154 valence electrons. The predicted octanol–water partition coefficient (Wildman–Crippen LogP) is 3.78. The van der Waals surface area contributed by atoms with E-state index in [9.17, 15) is 4.79 Å². The first-order chi connectivity index (χ1) is 14.8. The average molecular weight is 421 g/mol. The second-order valence-electron chi connectivity index (χ2n) is 7.50. The topological polar surface area (TPSA) is 50.1 Å². The van der Waals surface area contributed by atoms with Gasteiger partial charge in [-0.15, -0.1) is 0 Å². The molecular formula is C23H24N4O2S. The minimum Gasteiger partial charge on any atom is -0.492 e. The number of aromatic nitrogens is 2. The van der Waals surface area contributed by atoms with Crippen LogP contribution in [0.25, 0.3) is 15.2 Å². The molecule has 7 heteroatoms. The predicted molar refractivity (Wildman–Crippen MR) is 119 cm³/mol. The van der Waals surface area contributed by atoms with Crippen molar-refractivity contribution in [3.63, 3.8) is 0 Å². The van der Waals surface area contributed by atoms with Gasteiger partial charge in [0.2, 0.25) is 0 Å². The van der Waals surface area contributed by atoms with Crippen LogP contribution in [0, 0.1) is 0 Å². The van der Waals surface area contributed by atoms with Crippen molar-refractivity contribution in [2.75, 3.05) is 39.3 Å². The Morgan fingerprint density at radius 3 is 2.73 bits per heavy atom. The Balaban J connectivity index is 1.20. The largest absolute Gasteiger partial charge is 0.492 e. The molecule has 0 saturated carbocycles. The first-order valence-corrected chi connectivity index (χ1v) is 11.2. The Hall–Kier alpha value is -2.90. The molecule has 1 aliphatic heterocycles. The lowest BCUT2D eigenvalue weighted by molar-refractivity contribution is 0.0755. The van der Waals surface area contributed by atoms with Gasteiger partial charge in [-0.25, -0.2) is 4.98 Å². The molecule has 0 atom stereocenters. The van der Waals surface area contributed by atoms with Crippen LogP contribution in [0.2, 0.25) is 0 Å². The first kappa shape index (κ1) is 19.1. The summed E-state index contributed by atoms with van der Waals surface area (Å²) in [6, 6.07) is 18.1. The summed E-state index contributed by atoms with van der Waals surface area (Å²) in [5, 5.41) is 0. The molecule has 30 heavy (non-hydrogen) atoms. The van der Waals surface area contributed by atoms with E-state index in [-0.39, 0.29) is 5.91 Å². The van der Waals surface area contributed by atoms with Gasteiger partial charge in [-0.05, 0) is 30.7 Å². The Kier molecular flexibility index (Phi) is 5.38. The summed E-state index contributed by atoms with van der Waals surface area (Å²) >= 11 is 1.62. The molecule has 5 rings (SSSR count). The number of nitrogens with zero attached hydrogens (tertiary/aromatic N) is 4. The molecule has 0 unspecified atom stereocenters. The van der Waals surface area contributed by atoms with Gasteiger partial charge in [-0.3, -0.25) is 14.1 Å². The highest BCUT2D eigenvalue weighted by molar-refractivity contribution is 7.23. The first-order valence-electron chi connectivity index (χ1n) is 10.3. The molecule has 1 saturated heterocycles. The lowest BCUT2D eigenvalue weighted by atomic mass is 10.3. The minimum atomic E-state index is 0.0253. The molecule has 4 aromatic rings. The standard InChI is InChI=1S/C23H24N4O2S/c28-22(19-17-27-20-9-4-5-10-21(20)30-23(27)24-19)26-12-6-11-25(13-14-26)15-16-29-18-7-2-1-3-8-18/h1-5,7-10,17H,6,11-16H2. The van der Waals surface area contributed by atoms with Crippen molar-refractivity contribution in [3.05, 3.63) is 66.5 Å². The van der Waals surface area contributed by atoms with E-state index in [0.717, 1.165) is 55.4 Å². The fourth-order valence-electron chi connectivity index (χ4n) is 3.92. The van der Waals surface area contributed by atoms with Crippen molar-refractivity contribution in [3.8, 4) is 5.75 Å². The normalized spacial score (nSPS) is 15.5. The maximum atomic E-state index is 13.1. The number of fused-ring (bicyclic) bond motifs is 3. The van der Waals surface area contributed by atoms with Gasteiger partial charge in [-0.1, -0.05) is 41.7 Å². The second-order valence-corrected chi connectivity index (χ2v) is 8.51. The third kappa shape index (κ3) is 3.91. The average Bonchev–Trinajstić information content (AvgIpc) is 3.24. The number of imidazole rings is 1. The van der Waals surface area contributed by atoms with E-state index in [0.29, 0.717) is 12.3 Å². The zero-order valence-corrected chi connectivity index (χ0v) is 17.6. The summed E-state index contributed by atoms with van der Waals surface area (Å²) in [4.78, 5) is 22.9. The molecule has 0 radical (unpaired) electrons. The van der Waals surface area contributed by atoms with E-state index < -0.39 is 0 Å². The molecule has 6 nitrogen and oxygen atoms in total. The van der Waals surface area contributed by atoms with E-state index in [2.05, 4.69) is 22.0 Å². The van der Waals surface area contributed by atoms with Crippen LogP contribution in [0.3, 0.4) is 0 Å². The summed E-state index contributed by atoms with van der Waals surface area (Å²) in [5.74, 6) is 0.925. The molecular weight excluding hydrogens is 396 g/mol. The van der Waals surface area contributed by atoms with E-state index in [1.807, 2.05) is 58.0 Å². The van der Waals surface area contributed by atoms with Gasteiger partial charge in [-0.2, -0.15) is 0 Å². The Morgan fingerprint density at radius 2 is 1.83 bits per heavy atom. The lowest BCUT2D eigenvalue weighted by Gasteiger charge is -2.21. The van der Waals surface area contributed by atoms with Crippen LogP contribution in [-0.4, -0.2) is 64.4 Å². The monoisotopic (exact) mass is 420 g/mol. The lowest BCUT2D eigenvalue weighted by Crippen LogP contribution is -2.36. The zero-order chi connectivity index (χ0) is 20.3. The van der Waals surface area contributed by atoms with Gasteiger partial charge in [0.15, 0.2) is 4.96 Å². The van der Waals surface area contributed by atoms with Crippen molar-refractivity contribution in [2.45, 2.75) is 6.42 Å². The van der Waals surface area contributed by atoms with Gasteiger partial charge in [0.25, 0.3) is 5.91 Å². The van der Waals surface area contributed by atoms with Gasteiger partial charge in [0.05, 0.1) is 10.2 Å². The second kappa shape index (κ2) is 8.45. The van der Waals surface area contributed by atoms with Crippen molar-refractivity contribution in [2.24, 2.45) is 0 Å². The van der Waals surface area contributed by atoms with Crippen molar-refractivity contribution < 1.29 is 9.53 Å². The van der Waals surface area contributed by atoms with E-state index >= 15 is 0 Å². The van der Waals surface area contributed by atoms with Crippen molar-refractivity contribution in [1.29, 1.82) is 0 Å². The molecule has 2 aromatic heterocycles. The van der Waals surface area contributed by atoms with E-state index in [4.69, 9.17) is 4.74 Å². The quantitative estimate of drug-likeness (QED) is 0.493. The number of rotatable bonds is 5. The van der Waals surface area contributed by atoms with Crippen LogP contribution in [0.15, 0.2) is 60.8 Å². The van der Waals surface area contributed by atoms with Crippen LogP contribution >= 0.6 is 11.3 Å². The van der Waals surface area contributed by atoms with Gasteiger partial charge < -0.3 is 9.64 Å². The molecule has 0 aliphatic carbocycles. The summed E-state index contributed by atoms with van der Waals surface area (Å²) in [6.45, 7) is 4.84. The van der Waals surface area contributed by atoms with Gasteiger partial charge in [0, 0.05) is 38.9 Å². The number of para-hydroxylation sites is 2. The third-order valence-electron chi connectivity index (χ3n) is 5.51. The van der Waals surface area contributed by atoms with Crippen LogP contribution in [0.4, 0.5) is 0 Å². The highest BCUT2D eigenvalue weighted by atomic mass is 32.1. The molecule has 1 aliphatic rings. The number of ether oxygens (including phenoxy) is 1. The third-order valence-corrected chi connectivity index (χ3v) is 6.55. The molecule has 2 aromatic carbocycles. The molecule has 0 spiro atoms. The fourth-order valence-corrected chi connectivity index (χ4v) is 4.93. The number of hydrogen-bond donors (Lipinski definition) is 0.